The summed E-state index contributed by atoms with van der Waals surface area (Å²) in [7, 11) is 5.21. The van der Waals surface area contributed by atoms with Gasteiger partial charge in [-0.1, -0.05) is 0 Å². The van der Waals surface area contributed by atoms with Crippen molar-refractivity contribution in [2.24, 2.45) is 0 Å². The highest BCUT2D eigenvalue weighted by Gasteiger charge is 2.60. The highest BCUT2D eigenvalue weighted by atomic mass is 19.3. The largest absolute Gasteiger partial charge is 0.348 e. The molecule has 1 aliphatic carbocycles. The van der Waals surface area contributed by atoms with Crippen molar-refractivity contribution in [1.29, 1.82) is 0 Å². The molecule has 0 heterocycles. The minimum atomic E-state index is -3.02. The number of rotatable bonds is 4. The van der Waals surface area contributed by atoms with Gasteiger partial charge in [0.2, 0.25) is 11.6 Å². The van der Waals surface area contributed by atoms with E-state index in [0.29, 0.717) is 0 Å². The van der Waals surface area contributed by atoms with Gasteiger partial charge in [-0.2, -0.15) is 0 Å². The fourth-order valence-corrected chi connectivity index (χ4v) is 1.89. The van der Waals surface area contributed by atoms with Crippen LogP contribution in [0.5, 0.6) is 0 Å². The molecule has 0 saturated carbocycles. The Kier molecular flexibility index (Phi) is 3.69. The fourth-order valence-electron chi connectivity index (χ4n) is 1.89. The Balaban J connectivity index is 3.24. The Morgan fingerprint density at radius 3 is 1.75 bits per heavy atom. The summed E-state index contributed by atoms with van der Waals surface area (Å²) in [4.78, 5) is 0. The van der Waals surface area contributed by atoms with Crippen LogP contribution in [0.2, 0.25) is 0 Å². The molecule has 0 atom stereocenters. The van der Waals surface area contributed by atoms with Crippen LogP contribution in [0.3, 0.4) is 0 Å². The summed E-state index contributed by atoms with van der Waals surface area (Å²) in [5.41, 5.74) is 0. The van der Waals surface area contributed by atoms with Gasteiger partial charge in [-0.25, -0.2) is 8.78 Å². The molecule has 0 bridgehead atoms. The van der Waals surface area contributed by atoms with Gasteiger partial charge in [0.05, 0.1) is 6.42 Å². The zero-order chi connectivity index (χ0) is 12.4. The van der Waals surface area contributed by atoms with E-state index in [2.05, 4.69) is 0 Å². The van der Waals surface area contributed by atoms with Gasteiger partial charge in [0, 0.05) is 28.4 Å². The van der Waals surface area contributed by atoms with Gasteiger partial charge in [-0.05, 0) is 12.2 Å². The summed E-state index contributed by atoms with van der Waals surface area (Å²) in [5, 5.41) is 0. The Bertz CT molecular complexity index is 270. The summed E-state index contributed by atoms with van der Waals surface area (Å²) < 4.78 is 47.0. The predicted octanol–water partition coefficient (Wildman–Crippen LogP) is 1.56. The summed E-state index contributed by atoms with van der Waals surface area (Å²) in [6.45, 7) is 0. The molecule has 0 unspecified atom stereocenters. The Labute approximate surface area is 93.1 Å². The second-order valence-corrected chi connectivity index (χ2v) is 3.51. The van der Waals surface area contributed by atoms with E-state index in [1.807, 2.05) is 0 Å². The summed E-state index contributed by atoms with van der Waals surface area (Å²) in [5.74, 6) is -6.17. The van der Waals surface area contributed by atoms with Crippen LogP contribution in [-0.2, 0) is 18.9 Å². The predicted molar refractivity (Wildman–Crippen MR) is 52.2 cm³/mol. The molecule has 0 radical (unpaired) electrons. The molecular formula is C10H16F2O4. The first-order chi connectivity index (χ1) is 7.41. The van der Waals surface area contributed by atoms with E-state index in [0.717, 1.165) is 12.2 Å². The van der Waals surface area contributed by atoms with Crippen LogP contribution in [0.1, 0.15) is 6.42 Å². The lowest BCUT2D eigenvalue weighted by Gasteiger charge is -2.47. The van der Waals surface area contributed by atoms with Crippen LogP contribution in [0.4, 0.5) is 8.78 Å². The zero-order valence-electron chi connectivity index (χ0n) is 9.75. The standard InChI is InChI=1S/C10H16F2O4/c1-13-9(14-2)6-5-8(11,12)7-10(9,15-3)16-4/h5-6H,7H2,1-4H3. The second-order valence-electron chi connectivity index (χ2n) is 3.51. The van der Waals surface area contributed by atoms with Crippen molar-refractivity contribution in [3.05, 3.63) is 12.2 Å². The van der Waals surface area contributed by atoms with E-state index in [-0.39, 0.29) is 0 Å². The summed E-state index contributed by atoms with van der Waals surface area (Å²) >= 11 is 0. The molecule has 94 valence electrons. The SMILES string of the molecule is COC1(OC)C=CC(F)(F)CC1(OC)OC. The topological polar surface area (TPSA) is 36.9 Å². The van der Waals surface area contributed by atoms with Crippen molar-refractivity contribution in [1.82, 2.24) is 0 Å². The lowest BCUT2D eigenvalue weighted by atomic mass is 9.91. The highest BCUT2D eigenvalue weighted by Crippen LogP contribution is 2.45. The molecule has 0 aliphatic heterocycles. The van der Waals surface area contributed by atoms with Crippen molar-refractivity contribution >= 4 is 0 Å². The normalized spacial score (nSPS) is 25.6. The van der Waals surface area contributed by atoms with E-state index in [4.69, 9.17) is 18.9 Å². The molecule has 0 N–H and O–H groups in total. The molecule has 1 rings (SSSR count). The Morgan fingerprint density at radius 2 is 1.38 bits per heavy atom. The van der Waals surface area contributed by atoms with Crippen molar-refractivity contribution in [3.63, 3.8) is 0 Å². The van der Waals surface area contributed by atoms with E-state index < -0.39 is 23.9 Å². The maximum atomic E-state index is 13.3. The number of halogens is 2. The van der Waals surface area contributed by atoms with Gasteiger partial charge in [-0.15, -0.1) is 0 Å². The molecule has 1 aliphatic rings. The number of methoxy groups -OCH3 is 4. The number of alkyl halides is 2. The van der Waals surface area contributed by atoms with E-state index in [1.165, 1.54) is 28.4 Å². The smallest absolute Gasteiger partial charge is 0.272 e. The Hall–Kier alpha value is -0.560. The Morgan fingerprint density at radius 1 is 0.875 bits per heavy atom. The van der Waals surface area contributed by atoms with Gasteiger partial charge in [0.25, 0.3) is 5.92 Å². The highest BCUT2D eigenvalue weighted by molar-refractivity contribution is 5.16. The summed E-state index contributed by atoms with van der Waals surface area (Å²) in [6.07, 6.45) is 1.17. The monoisotopic (exact) mass is 238 g/mol. The third-order valence-electron chi connectivity index (χ3n) is 2.81. The third-order valence-corrected chi connectivity index (χ3v) is 2.81. The van der Waals surface area contributed by atoms with Gasteiger partial charge < -0.3 is 18.9 Å². The van der Waals surface area contributed by atoms with E-state index >= 15 is 0 Å². The van der Waals surface area contributed by atoms with Crippen LogP contribution in [-0.4, -0.2) is 45.9 Å². The average Bonchev–Trinajstić information content (AvgIpc) is 2.28. The quantitative estimate of drug-likeness (QED) is 0.550. The third kappa shape index (κ3) is 1.86. The molecule has 0 aromatic carbocycles. The van der Waals surface area contributed by atoms with Gasteiger partial charge in [0.1, 0.15) is 0 Å². The van der Waals surface area contributed by atoms with Crippen LogP contribution < -0.4 is 0 Å². The van der Waals surface area contributed by atoms with Gasteiger partial charge in [0.15, 0.2) is 0 Å². The van der Waals surface area contributed by atoms with Crippen LogP contribution in [0.25, 0.3) is 0 Å². The van der Waals surface area contributed by atoms with Crippen LogP contribution in [0, 0.1) is 0 Å². The molecule has 6 heteroatoms. The first-order valence-electron chi connectivity index (χ1n) is 4.70. The van der Waals surface area contributed by atoms with Crippen LogP contribution >= 0.6 is 0 Å². The molecular weight excluding hydrogens is 222 g/mol. The molecule has 0 aromatic heterocycles. The first-order valence-corrected chi connectivity index (χ1v) is 4.70. The molecule has 16 heavy (non-hydrogen) atoms. The maximum absolute atomic E-state index is 13.3. The molecule has 0 spiro atoms. The molecule has 0 amide bonds. The maximum Gasteiger partial charge on any atom is 0.272 e. The first kappa shape index (κ1) is 13.5. The number of hydrogen-bond acceptors (Lipinski definition) is 4. The number of ether oxygens (including phenoxy) is 4. The van der Waals surface area contributed by atoms with Crippen molar-refractivity contribution in [2.45, 2.75) is 23.9 Å². The van der Waals surface area contributed by atoms with E-state index in [1.54, 1.807) is 0 Å². The molecule has 0 aromatic rings. The minimum absolute atomic E-state index is 0.675. The zero-order valence-corrected chi connectivity index (χ0v) is 9.75. The minimum Gasteiger partial charge on any atom is -0.348 e. The van der Waals surface area contributed by atoms with Gasteiger partial charge >= 0.3 is 0 Å². The number of allylic oxidation sites excluding steroid dienone is 1. The van der Waals surface area contributed by atoms with Crippen molar-refractivity contribution in [3.8, 4) is 0 Å². The lowest BCUT2D eigenvalue weighted by Crippen LogP contribution is -2.62. The average molecular weight is 238 g/mol. The lowest BCUT2D eigenvalue weighted by molar-refractivity contribution is -0.383. The van der Waals surface area contributed by atoms with Crippen molar-refractivity contribution < 1.29 is 27.7 Å². The van der Waals surface area contributed by atoms with Gasteiger partial charge in [-0.3, -0.25) is 0 Å². The fraction of sp³-hybridized carbons (Fsp3) is 0.800. The summed E-state index contributed by atoms with van der Waals surface area (Å²) in [6, 6.07) is 0. The molecule has 0 fully saturated rings. The molecule has 0 saturated heterocycles. The molecule has 4 nitrogen and oxygen atoms in total. The second kappa shape index (κ2) is 4.37. The van der Waals surface area contributed by atoms with Crippen molar-refractivity contribution in [2.75, 3.05) is 28.4 Å². The van der Waals surface area contributed by atoms with E-state index in [9.17, 15) is 8.78 Å². The van der Waals surface area contributed by atoms with Crippen LogP contribution in [0.15, 0.2) is 12.2 Å². The number of hydrogen-bond donors (Lipinski definition) is 0.